The minimum absolute atomic E-state index is 0.332. The first kappa shape index (κ1) is 24.4. The van der Waals surface area contributed by atoms with E-state index in [1.54, 1.807) is 32.9 Å². The molecule has 2 aromatic carbocycles. The Morgan fingerprint density at radius 1 is 0.606 bits per heavy atom. The highest BCUT2D eigenvalue weighted by Crippen LogP contribution is 2.26. The Morgan fingerprint density at radius 3 is 1.21 bits per heavy atom. The minimum Gasteiger partial charge on any atom is -0.207 e. The third-order valence-electron chi connectivity index (χ3n) is 7.02. The van der Waals surface area contributed by atoms with Gasteiger partial charge in [0.15, 0.2) is 0 Å². The van der Waals surface area contributed by atoms with Crippen molar-refractivity contribution in [2.45, 2.75) is 55.7 Å². The highest BCUT2D eigenvalue weighted by Gasteiger charge is 2.29. The molecule has 2 saturated heterocycles. The highest BCUT2D eigenvalue weighted by atomic mass is 32.2. The van der Waals surface area contributed by atoms with E-state index in [2.05, 4.69) is 13.8 Å². The van der Waals surface area contributed by atoms with Crippen molar-refractivity contribution in [2.75, 3.05) is 26.2 Å². The predicted molar refractivity (Wildman–Crippen MR) is 130 cm³/mol. The third-order valence-corrected chi connectivity index (χ3v) is 10.8. The van der Waals surface area contributed by atoms with Gasteiger partial charge in [-0.05, 0) is 79.3 Å². The predicted octanol–water partition coefficient (Wildman–Crippen LogP) is 4.12. The maximum absolute atomic E-state index is 12.9. The molecular formula is C25H34N2O4S2. The number of rotatable bonds is 6. The Balaban J connectivity index is 1.41. The average molecular weight is 491 g/mol. The van der Waals surface area contributed by atoms with Gasteiger partial charge in [0.05, 0.1) is 9.79 Å². The number of hydrogen-bond acceptors (Lipinski definition) is 4. The van der Waals surface area contributed by atoms with Crippen molar-refractivity contribution >= 4 is 20.0 Å². The Hall–Kier alpha value is -1.74. The Morgan fingerprint density at radius 2 is 0.909 bits per heavy atom. The molecule has 0 aliphatic carbocycles. The van der Waals surface area contributed by atoms with Gasteiger partial charge in [0.25, 0.3) is 0 Å². The molecular weight excluding hydrogens is 456 g/mol. The van der Waals surface area contributed by atoms with E-state index >= 15 is 0 Å². The molecule has 4 rings (SSSR count). The van der Waals surface area contributed by atoms with Crippen LogP contribution in [0, 0.1) is 11.8 Å². The fraction of sp³-hybridized carbons (Fsp3) is 0.520. The molecule has 0 spiro atoms. The van der Waals surface area contributed by atoms with Crippen LogP contribution in [0.5, 0.6) is 0 Å². The minimum atomic E-state index is -3.45. The highest BCUT2D eigenvalue weighted by molar-refractivity contribution is 7.89. The van der Waals surface area contributed by atoms with Crippen LogP contribution in [0.4, 0.5) is 0 Å². The topological polar surface area (TPSA) is 74.8 Å². The molecule has 2 aliphatic rings. The van der Waals surface area contributed by atoms with Gasteiger partial charge in [-0.3, -0.25) is 0 Å². The van der Waals surface area contributed by atoms with E-state index in [-0.39, 0.29) is 0 Å². The van der Waals surface area contributed by atoms with E-state index in [1.807, 2.05) is 24.3 Å². The van der Waals surface area contributed by atoms with Gasteiger partial charge >= 0.3 is 0 Å². The first-order valence-corrected chi connectivity index (χ1v) is 14.7. The van der Waals surface area contributed by atoms with Crippen molar-refractivity contribution in [2.24, 2.45) is 11.8 Å². The summed E-state index contributed by atoms with van der Waals surface area (Å²) in [5.74, 6) is 1.15. The van der Waals surface area contributed by atoms with Crippen LogP contribution < -0.4 is 0 Å². The molecule has 0 radical (unpaired) electrons. The monoisotopic (exact) mass is 490 g/mol. The lowest BCUT2D eigenvalue weighted by Crippen LogP contribution is -2.37. The summed E-state index contributed by atoms with van der Waals surface area (Å²) >= 11 is 0. The SMILES string of the molecule is CC1CCN(S(=O)(=O)c2ccc(Cc3ccc(S(=O)(=O)N4CCC(C)CC4)cc3)cc2)CC1. The van der Waals surface area contributed by atoms with Gasteiger partial charge in [-0.15, -0.1) is 0 Å². The van der Waals surface area contributed by atoms with Crippen LogP contribution in [0.2, 0.25) is 0 Å². The van der Waals surface area contributed by atoms with Gasteiger partial charge < -0.3 is 0 Å². The number of sulfonamides is 2. The van der Waals surface area contributed by atoms with Crippen LogP contribution in [-0.2, 0) is 26.5 Å². The Bertz CT molecular complexity index is 1050. The molecule has 2 fully saturated rings. The molecule has 0 aromatic heterocycles. The lowest BCUT2D eigenvalue weighted by atomic mass is 10.0. The number of benzene rings is 2. The fourth-order valence-electron chi connectivity index (χ4n) is 4.54. The van der Waals surface area contributed by atoms with E-state index in [4.69, 9.17) is 0 Å². The number of nitrogens with zero attached hydrogens (tertiary/aromatic N) is 2. The van der Waals surface area contributed by atoms with Gasteiger partial charge in [-0.1, -0.05) is 38.1 Å². The van der Waals surface area contributed by atoms with Gasteiger partial charge in [0, 0.05) is 26.2 Å². The summed E-state index contributed by atoms with van der Waals surface area (Å²) in [6, 6.07) is 14.1. The zero-order chi connectivity index (χ0) is 23.6. The van der Waals surface area contributed by atoms with Crippen LogP contribution in [0.25, 0.3) is 0 Å². The molecule has 6 nitrogen and oxygen atoms in total. The molecule has 2 aromatic rings. The second-order valence-electron chi connectivity index (χ2n) is 9.64. The average Bonchev–Trinajstić information content (AvgIpc) is 2.80. The summed E-state index contributed by atoms with van der Waals surface area (Å²) in [6.45, 7) is 6.64. The van der Waals surface area contributed by atoms with Crippen LogP contribution in [0.1, 0.15) is 50.7 Å². The van der Waals surface area contributed by atoms with Crippen molar-refractivity contribution in [1.29, 1.82) is 0 Å². The molecule has 0 atom stereocenters. The number of piperidine rings is 2. The second kappa shape index (κ2) is 9.86. The van der Waals surface area contributed by atoms with Crippen LogP contribution >= 0.6 is 0 Å². The van der Waals surface area contributed by atoms with Crippen molar-refractivity contribution in [3.05, 3.63) is 59.7 Å². The lowest BCUT2D eigenvalue weighted by molar-refractivity contribution is 0.287. The van der Waals surface area contributed by atoms with E-state index in [0.717, 1.165) is 36.8 Å². The molecule has 8 heteroatoms. The van der Waals surface area contributed by atoms with Crippen molar-refractivity contribution < 1.29 is 16.8 Å². The zero-order valence-corrected chi connectivity index (χ0v) is 21.1. The number of hydrogen-bond donors (Lipinski definition) is 0. The fourth-order valence-corrected chi connectivity index (χ4v) is 7.48. The first-order chi connectivity index (χ1) is 15.7. The van der Waals surface area contributed by atoms with Crippen molar-refractivity contribution in [3.63, 3.8) is 0 Å². The zero-order valence-electron chi connectivity index (χ0n) is 19.5. The van der Waals surface area contributed by atoms with Crippen LogP contribution in [0.15, 0.2) is 58.3 Å². The van der Waals surface area contributed by atoms with E-state index < -0.39 is 20.0 Å². The van der Waals surface area contributed by atoms with E-state index in [9.17, 15) is 16.8 Å². The molecule has 2 heterocycles. The maximum Gasteiger partial charge on any atom is 0.243 e. The smallest absolute Gasteiger partial charge is 0.207 e. The molecule has 0 unspecified atom stereocenters. The summed E-state index contributed by atoms with van der Waals surface area (Å²) in [6.07, 6.45) is 4.22. The van der Waals surface area contributed by atoms with Gasteiger partial charge in [-0.2, -0.15) is 8.61 Å². The summed E-state index contributed by atoms with van der Waals surface area (Å²) in [7, 11) is -6.90. The Labute approximate surface area is 198 Å². The van der Waals surface area contributed by atoms with E-state index in [0.29, 0.717) is 54.2 Å². The first-order valence-electron chi connectivity index (χ1n) is 11.8. The summed E-state index contributed by atoms with van der Waals surface area (Å²) in [4.78, 5) is 0.663. The largest absolute Gasteiger partial charge is 0.243 e. The van der Waals surface area contributed by atoms with E-state index in [1.165, 1.54) is 0 Å². The molecule has 180 valence electrons. The molecule has 33 heavy (non-hydrogen) atoms. The summed E-state index contributed by atoms with van der Waals surface area (Å²) in [5.41, 5.74) is 1.98. The van der Waals surface area contributed by atoms with Crippen molar-refractivity contribution in [3.8, 4) is 0 Å². The quantitative estimate of drug-likeness (QED) is 0.611. The second-order valence-corrected chi connectivity index (χ2v) is 13.5. The molecule has 0 amide bonds. The standard InChI is InChI=1S/C25H34N2O4S2/c1-20-11-15-26(16-12-20)32(28,29)24-7-3-22(4-8-24)19-23-5-9-25(10-6-23)33(30,31)27-17-13-21(2)14-18-27/h3-10,20-21H,11-19H2,1-2H3. The molecule has 2 aliphatic heterocycles. The normalized spacial score (nSPS) is 20.2. The van der Waals surface area contributed by atoms with Crippen LogP contribution in [0.3, 0.4) is 0 Å². The van der Waals surface area contributed by atoms with Crippen LogP contribution in [-0.4, -0.2) is 51.6 Å². The maximum atomic E-state index is 12.9. The molecule has 0 bridgehead atoms. The van der Waals surface area contributed by atoms with Gasteiger partial charge in [0.2, 0.25) is 20.0 Å². The van der Waals surface area contributed by atoms with Gasteiger partial charge in [0.1, 0.15) is 0 Å². The van der Waals surface area contributed by atoms with Gasteiger partial charge in [-0.25, -0.2) is 16.8 Å². The Kier molecular flexibility index (Phi) is 7.29. The molecule has 0 saturated carbocycles. The third kappa shape index (κ3) is 5.50. The summed E-state index contributed by atoms with van der Waals surface area (Å²) < 4.78 is 54.8. The molecule has 0 N–H and O–H groups in total. The lowest BCUT2D eigenvalue weighted by Gasteiger charge is -2.29. The van der Waals surface area contributed by atoms with Crippen molar-refractivity contribution in [1.82, 2.24) is 8.61 Å². The summed E-state index contributed by atoms with van der Waals surface area (Å²) in [5, 5.41) is 0.